The number of nitrogens with zero attached hydrogens (tertiary/aromatic N) is 2. The first kappa shape index (κ1) is 12.6. The summed E-state index contributed by atoms with van der Waals surface area (Å²) in [6.45, 7) is 2.63. The second kappa shape index (κ2) is 5.64. The predicted molar refractivity (Wildman–Crippen MR) is 64.8 cm³/mol. The molecule has 1 N–H and O–H groups in total. The van der Waals surface area contributed by atoms with Gasteiger partial charge in [-0.1, -0.05) is 0 Å². The summed E-state index contributed by atoms with van der Waals surface area (Å²) < 4.78 is 20.5. The quantitative estimate of drug-likeness (QED) is 0.884. The van der Waals surface area contributed by atoms with Crippen LogP contribution in [0.2, 0.25) is 0 Å². The van der Waals surface area contributed by atoms with Crippen LogP contribution in [0.5, 0.6) is 5.75 Å². The normalized spacial score (nSPS) is 12.4. The number of halogens is 1. The SMILES string of the molecule is C[C@H](O)c1ccc(F)cc1OCCn1ccnc1. The lowest BCUT2D eigenvalue weighted by Crippen LogP contribution is -2.08. The van der Waals surface area contributed by atoms with Gasteiger partial charge in [0.25, 0.3) is 0 Å². The lowest BCUT2D eigenvalue weighted by Gasteiger charge is -2.13. The Morgan fingerprint density at radius 3 is 3.00 bits per heavy atom. The van der Waals surface area contributed by atoms with Crippen LogP contribution in [-0.4, -0.2) is 21.3 Å². The van der Waals surface area contributed by atoms with Crippen molar-refractivity contribution in [2.24, 2.45) is 0 Å². The highest BCUT2D eigenvalue weighted by Crippen LogP contribution is 2.25. The van der Waals surface area contributed by atoms with Gasteiger partial charge in [0.15, 0.2) is 0 Å². The molecule has 96 valence electrons. The number of hydrogen-bond donors (Lipinski definition) is 1. The summed E-state index contributed by atoms with van der Waals surface area (Å²) in [5, 5.41) is 9.56. The topological polar surface area (TPSA) is 47.3 Å². The van der Waals surface area contributed by atoms with Gasteiger partial charge in [-0.2, -0.15) is 0 Å². The monoisotopic (exact) mass is 250 g/mol. The lowest BCUT2D eigenvalue weighted by molar-refractivity contribution is 0.190. The molecule has 2 aromatic rings. The Kier molecular flexibility index (Phi) is 3.94. The van der Waals surface area contributed by atoms with Crippen LogP contribution in [0.1, 0.15) is 18.6 Å². The first-order valence-corrected chi connectivity index (χ1v) is 5.73. The third-order valence-corrected chi connectivity index (χ3v) is 2.59. The molecule has 1 heterocycles. The molecule has 1 atom stereocenters. The van der Waals surface area contributed by atoms with E-state index in [9.17, 15) is 9.50 Å². The second-order valence-corrected chi connectivity index (χ2v) is 4.01. The molecule has 0 saturated heterocycles. The van der Waals surface area contributed by atoms with Gasteiger partial charge in [0.2, 0.25) is 0 Å². The summed E-state index contributed by atoms with van der Waals surface area (Å²) in [7, 11) is 0. The number of aliphatic hydroxyl groups excluding tert-OH is 1. The molecule has 0 fully saturated rings. The molecule has 18 heavy (non-hydrogen) atoms. The number of benzene rings is 1. The van der Waals surface area contributed by atoms with Crippen LogP contribution in [0.25, 0.3) is 0 Å². The Morgan fingerprint density at radius 1 is 1.50 bits per heavy atom. The number of imidazole rings is 1. The molecule has 5 heteroatoms. The van der Waals surface area contributed by atoms with Crippen molar-refractivity contribution in [3.63, 3.8) is 0 Å². The fourth-order valence-electron chi connectivity index (χ4n) is 1.66. The van der Waals surface area contributed by atoms with E-state index in [0.29, 0.717) is 24.5 Å². The van der Waals surface area contributed by atoms with Crippen molar-refractivity contribution in [3.05, 3.63) is 48.3 Å². The standard InChI is InChI=1S/C13H15FN2O2/c1-10(17)12-3-2-11(14)8-13(12)18-7-6-16-5-4-15-9-16/h2-5,8-10,17H,6-7H2,1H3/t10-/m0/s1. The molecule has 0 bridgehead atoms. The number of hydrogen-bond acceptors (Lipinski definition) is 3. The molecule has 0 radical (unpaired) electrons. The Hall–Kier alpha value is -1.88. The highest BCUT2D eigenvalue weighted by Gasteiger charge is 2.10. The molecular weight excluding hydrogens is 235 g/mol. The second-order valence-electron chi connectivity index (χ2n) is 4.01. The molecule has 0 aliphatic rings. The molecule has 0 spiro atoms. The first-order valence-electron chi connectivity index (χ1n) is 5.73. The minimum atomic E-state index is -0.686. The Balaban J connectivity index is 2.01. The van der Waals surface area contributed by atoms with Crippen LogP contribution in [0.3, 0.4) is 0 Å². The molecular formula is C13H15FN2O2. The van der Waals surface area contributed by atoms with Crippen LogP contribution < -0.4 is 4.74 Å². The number of aliphatic hydroxyl groups is 1. The molecule has 0 aliphatic heterocycles. The van der Waals surface area contributed by atoms with Gasteiger partial charge in [0, 0.05) is 24.0 Å². The molecule has 0 unspecified atom stereocenters. The van der Waals surface area contributed by atoms with Crippen LogP contribution in [-0.2, 0) is 6.54 Å². The zero-order chi connectivity index (χ0) is 13.0. The molecule has 0 saturated carbocycles. The van der Waals surface area contributed by atoms with E-state index in [1.165, 1.54) is 18.2 Å². The number of aromatic nitrogens is 2. The van der Waals surface area contributed by atoms with Crippen molar-refractivity contribution in [1.29, 1.82) is 0 Å². The van der Waals surface area contributed by atoms with Crippen molar-refractivity contribution >= 4 is 0 Å². The largest absolute Gasteiger partial charge is 0.491 e. The van der Waals surface area contributed by atoms with Gasteiger partial charge >= 0.3 is 0 Å². The predicted octanol–water partition coefficient (Wildman–Crippen LogP) is 2.15. The average Bonchev–Trinajstić information content (AvgIpc) is 2.82. The van der Waals surface area contributed by atoms with Crippen molar-refractivity contribution < 1.29 is 14.2 Å². The maximum atomic E-state index is 13.1. The van der Waals surface area contributed by atoms with Gasteiger partial charge in [0.1, 0.15) is 18.2 Å². The summed E-state index contributed by atoms with van der Waals surface area (Å²) in [4.78, 5) is 3.92. The van der Waals surface area contributed by atoms with E-state index in [1.807, 2.05) is 10.8 Å². The third-order valence-electron chi connectivity index (χ3n) is 2.59. The highest BCUT2D eigenvalue weighted by atomic mass is 19.1. The van der Waals surface area contributed by atoms with E-state index in [2.05, 4.69) is 4.98 Å². The van der Waals surface area contributed by atoms with Crippen LogP contribution in [0, 0.1) is 5.82 Å². The van der Waals surface area contributed by atoms with E-state index in [-0.39, 0.29) is 5.82 Å². The van der Waals surface area contributed by atoms with Crippen molar-refractivity contribution in [3.8, 4) is 5.75 Å². The number of rotatable bonds is 5. The Labute approximate surface area is 105 Å². The third kappa shape index (κ3) is 3.07. The van der Waals surface area contributed by atoms with E-state index < -0.39 is 6.10 Å². The molecule has 1 aromatic carbocycles. The van der Waals surface area contributed by atoms with Crippen LogP contribution >= 0.6 is 0 Å². The Morgan fingerprint density at radius 2 is 2.33 bits per heavy atom. The van der Waals surface area contributed by atoms with Crippen molar-refractivity contribution in [1.82, 2.24) is 9.55 Å². The molecule has 2 rings (SSSR count). The van der Waals surface area contributed by atoms with Gasteiger partial charge in [-0.05, 0) is 19.1 Å². The van der Waals surface area contributed by atoms with E-state index in [4.69, 9.17) is 4.74 Å². The highest BCUT2D eigenvalue weighted by molar-refractivity contribution is 5.35. The maximum absolute atomic E-state index is 13.1. The summed E-state index contributed by atoms with van der Waals surface area (Å²) >= 11 is 0. The van der Waals surface area contributed by atoms with Gasteiger partial charge in [0.05, 0.1) is 19.0 Å². The first-order chi connectivity index (χ1) is 8.66. The summed E-state index contributed by atoms with van der Waals surface area (Å²) in [6, 6.07) is 4.13. The van der Waals surface area contributed by atoms with Crippen molar-refractivity contribution in [2.75, 3.05) is 6.61 Å². The fraction of sp³-hybridized carbons (Fsp3) is 0.308. The van der Waals surface area contributed by atoms with E-state index in [1.54, 1.807) is 19.4 Å². The molecule has 0 amide bonds. The summed E-state index contributed by atoms with van der Waals surface area (Å²) in [6.07, 6.45) is 4.51. The average molecular weight is 250 g/mol. The van der Waals surface area contributed by atoms with Crippen molar-refractivity contribution in [2.45, 2.75) is 19.6 Å². The maximum Gasteiger partial charge on any atom is 0.128 e. The summed E-state index contributed by atoms with van der Waals surface area (Å²) in [5.41, 5.74) is 0.585. The zero-order valence-electron chi connectivity index (χ0n) is 10.1. The van der Waals surface area contributed by atoms with Crippen LogP contribution in [0.15, 0.2) is 36.9 Å². The van der Waals surface area contributed by atoms with Crippen LogP contribution in [0.4, 0.5) is 4.39 Å². The lowest BCUT2D eigenvalue weighted by atomic mass is 10.1. The fourth-order valence-corrected chi connectivity index (χ4v) is 1.66. The number of ether oxygens (including phenoxy) is 1. The van der Waals surface area contributed by atoms with Gasteiger partial charge in [-0.25, -0.2) is 9.37 Å². The Bertz CT molecular complexity index is 498. The minimum Gasteiger partial charge on any atom is -0.491 e. The van der Waals surface area contributed by atoms with Gasteiger partial charge in [-0.15, -0.1) is 0 Å². The van der Waals surface area contributed by atoms with E-state index >= 15 is 0 Å². The minimum absolute atomic E-state index is 0.378. The molecule has 0 aliphatic carbocycles. The van der Waals surface area contributed by atoms with Gasteiger partial charge in [-0.3, -0.25) is 0 Å². The summed E-state index contributed by atoms with van der Waals surface area (Å²) in [5.74, 6) is 0.00199. The van der Waals surface area contributed by atoms with Gasteiger partial charge < -0.3 is 14.4 Å². The molecule has 1 aromatic heterocycles. The molecule has 4 nitrogen and oxygen atoms in total. The smallest absolute Gasteiger partial charge is 0.128 e. The van der Waals surface area contributed by atoms with E-state index in [0.717, 1.165) is 0 Å². The zero-order valence-corrected chi connectivity index (χ0v) is 10.1.